The molecule has 1 aliphatic heterocycles. The fraction of sp³-hybridized carbons (Fsp3) is 1.00. The first-order valence-corrected chi connectivity index (χ1v) is 6.81. The maximum atomic E-state index is 5.83. The van der Waals surface area contributed by atoms with E-state index in [1.165, 1.54) is 64.6 Å². The van der Waals surface area contributed by atoms with Crippen LogP contribution in [-0.4, -0.2) is 31.1 Å². The highest BCUT2D eigenvalue weighted by Gasteiger charge is 2.22. The zero-order valence-corrected chi connectivity index (χ0v) is 9.96. The van der Waals surface area contributed by atoms with E-state index < -0.39 is 0 Å². The van der Waals surface area contributed by atoms with Crippen LogP contribution in [0.15, 0.2) is 0 Å². The van der Waals surface area contributed by atoms with Crippen molar-refractivity contribution in [1.29, 1.82) is 0 Å². The first-order chi connectivity index (χ1) is 7.38. The Morgan fingerprint density at radius 2 is 1.60 bits per heavy atom. The summed E-state index contributed by atoms with van der Waals surface area (Å²) >= 11 is 0. The van der Waals surface area contributed by atoms with Crippen LogP contribution in [0, 0.1) is 11.8 Å². The summed E-state index contributed by atoms with van der Waals surface area (Å²) in [5.74, 6) is 1.76. The Bertz CT molecular complexity index is 175. The third-order valence-electron chi connectivity index (χ3n) is 4.19. The molecule has 0 radical (unpaired) electrons. The highest BCUT2D eigenvalue weighted by atomic mass is 15.1. The van der Waals surface area contributed by atoms with Crippen LogP contribution >= 0.6 is 0 Å². The van der Waals surface area contributed by atoms with Crippen molar-refractivity contribution in [1.82, 2.24) is 4.90 Å². The molecule has 2 rings (SSSR count). The van der Waals surface area contributed by atoms with Crippen LogP contribution in [0.1, 0.15) is 44.9 Å². The van der Waals surface area contributed by atoms with Crippen molar-refractivity contribution >= 4 is 0 Å². The molecular formula is C13H26N2. The van der Waals surface area contributed by atoms with E-state index in [4.69, 9.17) is 5.73 Å². The highest BCUT2D eigenvalue weighted by Crippen LogP contribution is 2.28. The van der Waals surface area contributed by atoms with Gasteiger partial charge in [0, 0.05) is 6.54 Å². The predicted molar refractivity (Wildman–Crippen MR) is 64.8 cm³/mol. The molecule has 0 spiro atoms. The van der Waals surface area contributed by atoms with Gasteiger partial charge in [-0.25, -0.2) is 0 Å². The standard InChI is InChI=1S/C13H26N2/c14-10-12-5-1-2-6-13(9-12)11-15-7-3-4-8-15/h12-13H,1-11,14H2/t12-,13?/m1/s1. The largest absolute Gasteiger partial charge is 0.330 e. The average molecular weight is 210 g/mol. The van der Waals surface area contributed by atoms with E-state index in [1.807, 2.05) is 0 Å². The van der Waals surface area contributed by atoms with Crippen LogP contribution in [0.2, 0.25) is 0 Å². The molecule has 0 bridgehead atoms. The summed E-state index contributed by atoms with van der Waals surface area (Å²) in [6.45, 7) is 4.97. The monoisotopic (exact) mass is 210 g/mol. The molecule has 0 aromatic heterocycles. The van der Waals surface area contributed by atoms with Gasteiger partial charge in [-0.15, -0.1) is 0 Å². The molecule has 88 valence electrons. The van der Waals surface area contributed by atoms with Gasteiger partial charge in [-0.3, -0.25) is 0 Å². The lowest BCUT2D eigenvalue weighted by Gasteiger charge is -2.24. The fourth-order valence-electron chi connectivity index (χ4n) is 3.28. The average Bonchev–Trinajstić information content (AvgIpc) is 2.64. The van der Waals surface area contributed by atoms with Crippen molar-refractivity contribution in [3.05, 3.63) is 0 Å². The zero-order chi connectivity index (χ0) is 10.5. The molecule has 1 saturated heterocycles. The Kier molecular flexibility index (Phi) is 4.45. The molecule has 1 saturated carbocycles. The van der Waals surface area contributed by atoms with Gasteiger partial charge in [-0.2, -0.15) is 0 Å². The van der Waals surface area contributed by atoms with Crippen LogP contribution < -0.4 is 5.73 Å². The molecule has 0 aromatic rings. The highest BCUT2D eigenvalue weighted by molar-refractivity contribution is 4.76. The van der Waals surface area contributed by atoms with Crippen LogP contribution in [0.5, 0.6) is 0 Å². The number of nitrogens with zero attached hydrogens (tertiary/aromatic N) is 1. The molecule has 0 amide bonds. The molecular weight excluding hydrogens is 184 g/mol. The molecule has 2 fully saturated rings. The van der Waals surface area contributed by atoms with Gasteiger partial charge < -0.3 is 10.6 Å². The van der Waals surface area contributed by atoms with Gasteiger partial charge in [0.15, 0.2) is 0 Å². The van der Waals surface area contributed by atoms with Crippen LogP contribution in [0.4, 0.5) is 0 Å². The van der Waals surface area contributed by atoms with Gasteiger partial charge in [0.1, 0.15) is 0 Å². The third kappa shape index (κ3) is 3.46. The lowest BCUT2D eigenvalue weighted by atomic mass is 9.93. The van der Waals surface area contributed by atoms with Crippen molar-refractivity contribution in [3.8, 4) is 0 Å². The minimum atomic E-state index is 0.820. The Labute approximate surface area is 94.2 Å². The quantitative estimate of drug-likeness (QED) is 0.724. The minimum absolute atomic E-state index is 0.820. The Morgan fingerprint density at radius 3 is 2.27 bits per heavy atom. The summed E-state index contributed by atoms with van der Waals surface area (Å²) in [5, 5.41) is 0. The molecule has 2 heteroatoms. The number of hydrogen-bond acceptors (Lipinski definition) is 2. The van der Waals surface area contributed by atoms with E-state index >= 15 is 0 Å². The number of nitrogens with two attached hydrogens (primary N) is 1. The lowest BCUT2D eigenvalue weighted by Crippen LogP contribution is -2.28. The molecule has 15 heavy (non-hydrogen) atoms. The SMILES string of the molecule is NC[C@@H]1CCCCC(CN2CCCC2)C1. The van der Waals surface area contributed by atoms with E-state index in [0.29, 0.717) is 0 Å². The zero-order valence-electron chi connectivity index (χ0n) is 9.96. The molecule has 1 heterocycles. The fourth-order valence-corrected chi connectivity index (χ4v) is 3.28. The van der Waals surface area contributed by atoms with E-state index in [1.54, 1.807) is 0 Å². The normalized spacial score (nSPS) is 34.2. The smallest absolute Gasteiger partial charge is 0.000977 e. The van der Waals surface area contributed by atoms with E-state index in [2.05, 4.69) is 4.90 Å². The van der Waals surface area contributed by atoms with Crippen molar-refractivity contribution in [3.63, 3.8) is 0 Å². The van der Waals surface area contributed by atoms with Crippen molar-refractivity contribution < 1.29 is 0 Å². The second-order valence-corrected chi connectivity index (χ2v) is 5.50. The Morgan fingerprint density at radius 1 is 0.933 bits per heavy atom. The molecule has 2 N–H and O–H groups in total. The summed E-state index contributed by atoms with van der Waals surface area (Å²) in [5.41, 5.74) is 5.83. The topological polar surface area (TPSA) is 29.3 Å². The minimum Gasteiger partial charge on any atom is -0.330 e. The molecule has 0 aromatic carbocycles. The second kappa shape index (κ2) is 5.86. The number of likely N-dealkylation sites (tertiary alicyclic amines) is 1. The van der Waals surface area contributed by atoms with E-state index in [-0.39, 0.29) is 0 Å². The van der Waals surface area contributed by atoms with Crippen molar-refractivity contribution in [2.45, 2.75) is 44.9 Å². The van der Waals surface area contributed by atoms with Crippen molar-refractivity contribution in [2.24, 2.45) is 17.6 Å². The second-order valence-electron chi connectivity index (χ2n) is 5.50. The van der Waals surface area contributed by atoms with Gasteiger partial charge in [0.25, 0.3) is 0 Å². The van der Waals surface area contributed by atoms with Gasteiger partial charge in [0.2, 0.25) is 0 Å². The Hall–Kier alpha value is -0.0800. The predicted octanol–water partition coefficient (Wildman–Crippen LogP) is 2.24. The Balaban J connectivity index is 1.78. The summed E-state index contributed by atoms with van der Waals surface area (Å²) in [7, 11) is 0. The van der Waals surface area contributed by atoms with Crippen LogP contribution in [0.3, 0.4) is 0 Å². The first-order valence-electron chi connectivity index (χ1n) is 6.81. The summed E-state index contributed by atoms with van der Waals surface area (Å²) in [6.07, 6.45) is 9.93. The maximum Gasteiger partial charge on any atom is 0.000977 e. The van der Waals surface area contributed by atoms with Gasteiger partial charge in [0.05, 0.1) is 0 Å². The molecule has 2 nitrogen and oxygen atoms in total. The summed E-state index contributed by atoms with van der Waals surface area (Å²) < 4.78 is 0. The van der Waals surface area contributed by atoms with Crippen molar-refractivity contribution in [2.75, 3.05) is 26.2 Å². The maximum absolute atomic E-state index is 5.83. The molecule has 2 aliphatic rings. The first kappa shape index (κ1) is 11.4. The van der Waals surface area contributed by atoms with Crippen LogP contribution in [-0.2, 0) is 0 Å². The molecule has 2 atom stereocenters. The number of hydrogen-bond donors (Lipinski definition) is 1. The molecule has 1 aliphatic carbocycles. The summed E-state index contributed by atoms with van der Waals surface area (Å²) in [6, 6.07) is 0. The number of rotatable bonds is 3. The van der Waals surface area contributed by atoms with Gasteiger partial charge in [-0.05, 0) is 63.6 Å². The lowest BCUT2D eigenvalue weighted by molar-refractivity contribution is 0.246. The van der Waals surface area contributed by atoms with Gasteiger partial charge >= 0.3 is 0 Å². The van der Waals surface area contributed by atoms with Gasteiger partial charge in [-0.1, -0.05) is 12.8 Å². The van der Waals surface area contributed by atoms with E-state index in [9.17, 15) is 0 Å². The molecule has 1 unspecified atom stereocenters. The summed E-state index contributed by atoms with van der Waals surface area (Å²) in [4.78, 5) is 2.67. The third-order valence-corrected chi connectivity index (χ3v) is 4.19. The van der Waals surface area contributed by atoms with E-state index in [0.717, 1.165) is 18.4 Å². The van der Waals surface area contributed by atoms with Crippen LogP contribution in [0.25, 0.3) is 0 Å².